The van der Waals surface area contributed by atoms with Crippen LogP contribution in [0.5, 0.6) is 0 Å². The largest absolute Gasteiger partial charge is 0.445 e. The smallest absolute Gasteiger partial charge is 0.235 e. The molecule has 1 aromatic carbocycles. The van der Waals surface area contributed by atoms with Gasteiger partial charge in [-0.2, -0.15) is 0 Å². The van der Waals surface area contributed by atoms with Crippen molar-refractivity contribution in [2.75, 3.05) is 13.1 Å². The van der Waals surface area contributed by atoms with E-state index in [1.54, 1.807) is 4.90 Å². The van der Waals surface area contributed by atoms with E-state index in [9.17, 15) is 9.59 Å². The van der Waals surface area contributed by atoms with E-state index in [1.807, 2.05) is 18.2 Å². The van der Waals surface area contributed by atoms with Crippen molar-refractivity contribution >= 4 is 11.8 Å². The molecule has 2 aliphatic rings. The summed E-state index contributed by atoms with van der Waals surface area (Å²) in [6.07, 6.45) is 3.78. The van der Waals surface area contributed by atoms with Crippen molar-refractivity contribution in [1.29, 1.82) is 0 Å². The van der Waals surface area contributed by atoms with Crippen LogP contribution in [0, 0.1) is 5.92 Å². The van der Waals surface area contributed by atoms with Crippen molar-refractivity contribution in [2.24, 2.45) is 5.92 Å². The van der Waals surface area contributed by atoms with Crippen LogP contribution in [-0.4, -0.2) is 34.8 Å². The van der Waals surface area contributed by atoms with Crippen LogP contribution in [0.3, 0.4) is 0 Å². The summed E-state index contributed by atoms with van der Waals surface area (Å²) < 4.78 is 5.89. The molecule has 0 bridgehead atoms. The van der Waals surface area contributed by atoms with Gasteiger partial charge in [-0.3, -0.25) is 9.59 Å². The van der Waals surface area contributed by atoms with Gasteiger partial charge >= 0.3 is 0 Å². The van der Waals surface area contributed by atoms with Gasteiger partial charge in [0.15, 0.2) is 5.89 Å². The third kappa shape index (κ3) is 3.49. The number of carbonyl (C=O) groups is 2. The molecule has 3 heterocycles. The van der Waals surface area contributed by atoms with Crippen molar-refractivity contribution < 1.29 is 14.0 Å². The van der Waals surface area contributed by atoms with Crippen molar-refractivity contribution in [1.82, 2.24) is 15.2 Å². The van der Waals surface area contributed by atoms with E-state index < -0.39 is 5.92 Å². The van der Waals surface area contributed by atoms with Crippen molar-refractivity contribution in [3.05, 3.63) is 53.2 Å². The SMILES string of the molecule is O=C1NCCCC1C(=O)N1CCc2oc(CCc3ccccc3)nc2C1. The number of nitrogens with zero attached hydrogens (tertiary/aromatic N) is 2. The molecule has 26 heavy (non-hydrogen) atoms. The summed E-state index contributed by atoms with van der Waals surface area (Å²) in [4.78, 5) is 31.0. The van der Waals surface area contributed by atoms with Gasteiger partial charge in [-0.15, -0.1) is 0 Å². The number of benzene rings is 1. The van der Waals surface area contributed by atoms with Gasteiger partial charge in [0.25, 0.3) is 0 Å². The van der Waals surface area contributed by atoms with Crippen molar-refractivity contribution in [3.8, 4) is 0 Å². The van der Waals surface area contributed by atoms with E-state index in [0.29, 0.717) is 32.5 Å². The van der Waals surface area contributed by atoms with Crippen LogP contribution in [0.2, 0.25) is 0 Å². The van der Waals surface area contributed by atoms with Gasteiger partial charge in [0, 0.05) is 25.9 Å². The number of aromatic nitrogens is 1. The predicted molar refractivity (Wildman–Crippen MR) is 95.2 cm³/mol. The van der Waals surface area contributed by atoms with Gasteiger partial charge < -0.3 is 14.6 Å². The molecule has 6 nitrogen and oxygen atoms in total. The number of amides is 2. The summed E-state index contributed by atoms with van der Waals surface area (Å²) in [6.45, 7) is 1.69. The number of piperidine rings is 1. The van der Waals surface area contributed by atoms with Gasteiger partial charge in [0.05, 0.1) is 6.54 Å². The first-order valence-corrected chi connectivity index (χ1v) is 9.28. The van der Waals surface area contributed by atoms with Gasteiger partial charge in [-0.1, -0.05) is 30.3 Å². The second kappa shape index (κ2) is 7.32. The average molecular weight is 353 g/mol. The standard InChI is InChI=1S/C20H23N3O3/c24-19-15(7-4-11-21-19)20(25)23-12-10-17-16(13-23)22-18(26-17)9-8-14-5-2-1-3-6-14/h1-3,5-6,15H,4,7-13H2,(H,21,24). The molecule has 0 spiro atoms. The molecule has 1 atom stereocenters. The van der Waals surface area contributed by atoms with Crippen LogP contribution in [0.4, 0.5) is 0 Å². The quantitative estimate of drug-likeness (QED) is 0.852. The minimum Gasteiger partial charge on any atom is -0.445 e. The third-order valence-electron chi connectivity index (χ3n) is 5.14. The van der Waals surface area contributed by atoms with Crippen molar-refractivity contribution in [2.45, 2.75) is 38.6 Å². The normalized spacial score (nSPS) is 19.8. The topological polar surface area (TPSA) is 75.4 Å². The van der Waals surface area contributed by atoms with Crippen LogP contribution in [0.25, 0.3) is 0 Å². The molecule has 1 aromatic heterocycles. The van der Waals surface area contributed by atoms with Crippen LogP contribution < -0.4 is 5.32 Å². The highest BCUT2D eigenvalue weighted by Crippen LogP contribution is 2.24. The fourth-order valence-corrected chi connectivity index (χ4v) is 3.67. The highest BCUT2D eigenvalue weighted by molar-refractivity contribution is 6.00. The van der Waals surface area contributed by atoms with Crippen LogP contribution >= 0.6 is 0 Å². The fraction of sp³-hybridized carbons (Fsp3) is 0.450. The average Bonchev–Trinajstić information content (AvgIpc) is 3.09. The summed E-state index contributed by atoms with van der Waals surface area (Å²) in [5.74, 6) is 0.834. The van der Waals surface area contributed by atoms with E-state index in [2.05, 4.69) is 22.4 Å². The van der Waals surface area contributed by atoms with Gasteiger partial charge in [0.2, 0.25) is 11.8 Å². The van der Waals surface area contributed by atoms with Crippen molar-refractivity contribution in [3.63, 3.8) is 0 Å². The maximum atomic E-state index is 12.7. The second-order valence-corrected chi connectivity index (χ2v) is 6.96. The molecule has 4 rings (SSSR count). The molecule has 0 radical (unpaired) electrons. The molecule has 1 fully saturated rings. The number of nitrogens with one attached hydrogen (secondary N) is 1. The number of hydrogen-bond acceptors (Lipinski definition) is 4. The van der Waals surface area contributed by atoms with E-state index in [-0.39, 0.29) is 11.8 Å². The maximum absolute atomic E-state index is 12.7. The molecule has 2 amide bonds. The predicted octanol–water partition coefficient (Wildman–Crippen LogP) is 1.87. The summed E-state index contributed by atoms with van der Waals surface area (Å²) in [5, 5.41) is 2.79. The zero-order chi connectivity index (χ0) is 17.9. The molecular formula is C20H23N3O3. The molecule has 0 saturated carbocycles. The lowest BCUT2D eigenvalue weighted by atomic mass is 9.96. The number of aryl methyl sites for hydroxylation is 2. The molecule has 2 aromatic rings. The number of oxazole rings is 1. The van der Waals surface area contributed by atoms with E-state index in [0.717, 1.165) is 36.6 Å². The Morgan fingerprint density at radius 1 is 1.27 bits per heavy atom. The van der Waals surface area contributed by atoms with E-state index in [4.69, 9.17) is 4.42 Å². The second-order valence-electron chi connectivity index (χ2n) is 6.96. The number of rotatable bonds is 4. The Labute approximate surface area is 152 Å². The Balaban J connectivity index is 1.40. The van der Waals surface area contributed by atoms with Gasteiger partial charge in [0.1, 0.15) is 17.4 Å². The molecule has 1 N–H and O–H groups in total. The molecule has 0 aliphatic carbocycles. The lowest BCUT2D eigenvalue weighted by Gasteiger charge is -2.30. The first kappa shape index (κ1) is 16.8. The molecule has 1 unspecified atom stereocenters. The zero-order valence-corrected chi connectivity index (χ0v) is 14.7. The minimum absolute atomic E-state index is 0.0818. The summed E-state index contributed by atoms with van der Waals surface area (Å²) >= 11 is 0. The summed E-state index contributed by atoms with van der Waals surface area (Å²) in [5.41, 5.74) is 2.09. The van der Waals surface area contributed by atoms with Gasteiger partial charge in [-0.25, -0.2) is 4.98 Å². The summed E-state index contributed by atoms with van der Waals surface area (Å²) in [7, 11) is 0. The maximum Gasteiger partial charge on any atom is 0.235 e. The monoisotopic (exact) mass is 353 g/mol. The molecule has 6 heteroatoms. The highest BCUT2D eigenvalue weighted by Gasteiger charge is 2.35. The molecule has 2 aliphatic heterocycles. The number of carbonyl (C=O) groups excluding carboxylic acids is 2. The Kier molecular flexibility index (Phi) is 4.73. The van der Waals surface area contributed by atoms with E-state index >= 15 is 0 Å². The lowest BCUT2D eigenvalue weighted by molar-refractivity contribution is -0.144. The van der Waals surface area contributed by atoms with Crippen LogP contribution in [-0.2, 0) is 35.4 Å². The molecule has 1 saturated heterocycles. The zero-order valence-electron chi connectivity index (χ0n) is 14.7. The fourth-order valence-electron chi connectivity index (χ4n) is 3.67. The van der Waals surface area contributed by atoms with E-state index in [1.165, 1.54) is 5.56 Å². The third-order valence-corrected chi connectivity index (χ3v) is 5.14. The minimum atomic E-state index is -0.547. The molecular weight excluding hydrogens is 330 g/mol. The number of hydrogen-bond donors (Lipinski definition) is 1. The number of fused-ring (bicyclic) bond motifs is 1. The highest BCUT2D eigenvalue weighted by atomic mass is 16.4. The first-order valence-electron chi connectivity index (χ1n) is 9.28. The Morgan fingerprint density at radius 3 is 2.92 bits per heavy atom. The van der Waals surface area contributed by atoms with Crippen LogP contribution in [0.15, 0.2) is 34.7 Å². The first-order chi connectivity index (χ1) is 12.7. The lowest BCUT2D eigenvalue weighted by Crippen LogP contribution is -2.47. The van der Waals surface area contributed by atoms with Gasteiger partial charge in [-0.05, 0) is 24.8 Å². The van der Waals surface area contributed by atoms with Crippen LogP contribution in [0.1, 0.15) is 35.7 Å². The Bertz CT molecular complexity index is 800. The Hall–Kier alpha value is -2.63. The molecule has 136 valence electrons. The Morgan fingerprint density at radius 2 is 2.12 bits per heavy atom. The summed E-state index contributed by atoms with van der Waals surface area (Å²) in [6, 6.07) is 10.3.